The lowest BCUT2D eigenvalue weighted by Gasteiger charge is -2.12. The largest absolute Gasteiger partial charge is 0.478 e. The van der Waals surface area contributed by atoms with Crippen molar-refractivity contribution in [3.05, 3.63) is 46.0 Å². The van der Waals surface area contributed by atoms with Crippen LogP contribution in [0.15, 0.2) is 23.6 Å². The number of aromatic nitrogens is 2. The molecule has 19 heavy (non-hydrogen) atoms. The third-order valence-corrected chi connectivity index (χ3v) is 3.55. The molecule has 0 bridgehead atoms. The monoisotopic (exact) mass is 275 g/mol. The number of fused-ring (bicyclic) bond motifs is 1. The zero-order valence-electron chi connectivity index (χ0n) is 9.74. The molecule has 1 amide bonds. The molecule has 96 valence electrons. The molecule has 1 aromatic carbocycles. The first-order valence-electron chi connectivity index (χ1n) is 5.56. The average molecular weight is 275 g/mol. The minimum absolute atomic E-state index is 0.179. The number of amides is 1. The Morgan fingerprint density at radius 2 is 2.05 bits per heavy atom. The Labute approximate surface area is 112 Å². The van der Waals surface area contributed by atoms with Gasteiger partial charge in [-0.2, -0.15) is 0 Å². The van der Waals surface area contributed by atoms with Gasteiger partial charge in [0.1, 0.15) is 0 Å². The summed E-state index contributed by atoms with van der Waals surface area (Å²) in [6, 6.07) is 4.93. The first-order chi connectivity index (χ1) is 9.15. The number of benzene rings is 1. The molecule has 0 unspecified atom stereocenters. The van der Waals surface area contributed by atoms with Crippen LogP contribution < -0.4 is 0 Å². The first kappa shape index (κ1) is 11.8. The van der Waals surface area contributed by atoms with Crippen LogP contribution >= 0.6 is 11.5 Å². The van der Waals surface area contributed by atoms with Crippen LogP contribution in [0, 0.1) is 0 Å². The Hall–Kier alpha value is -2.28. The number of carboxylic acid groups (broad SMARTS) is 1. The number of carbonyl (C=O) groups excluding carboxylic acids is 1. The molecule has 1 N–H and O–H groups in total. The van der Waals surface area contributed by atoms with Gasteiger partial charge in [-0.3, -0.25) is 4.79 Å². The summed E-state index contributed by atoms with van der Waals surface area (Å²) in [5.74, 6) is -1.14. The normalized spacial score (nSPS) is 13.4. The summed E-state index contributed by atoms with van der Waals surface area (Å²) in [6.45, 7) is 0.887. The molecule has 1 aliphatic rings. The molecule has 1 aromatic heterocycles. The summed E-state index contributed by atoms with van der Waals surface area (Å²) >= 11 is 1.13. The van der Waals surface area contributed by atoms with Gasteiger partial charge in [-0.25, -0.2) is 4.79 Å². The average Bonchev–Trinajstić information content (AvgIpc) is 3.06. The van der Waals surface area contributed by atoms with Crippen molar-refractivity contribution in [3.8, 4) is 0 Å². The molecule has 0 saturated carbocycles. The van der Waals surface area contributed by atoms with Gasteiger partial charge in [0.15, 0.2) is 5.69 Å². The number of rotatable bonds is 2. The van der Waals surface area contributed by atoms with Crippen molar-refractivity contribution in [3.63, 3.8) is 0 Å². The van der Waals surface area contributed by atoms with E-state index in [1.54, 1.807) is 28.5 Å². The van der Waals surface area contributed by atoms with Crippen LogP contribution in [-0.4, -0.2) is 31.5 Å². The standard InChI is InChI=1S/C12H9N3O3S/c16-11(10-6-19-14-13-10)15-4-8-2-1-7(12(17)18)3-9(8)5-15/h1-3,6H,4-5H2,(H,17,18). The van der Waals surface area contributed by atoms with Gasteiger partial charge in [-0.05, 0) is 34.8 Å². The number of nitrogens with zero attached hydrogens (tertiary/aromatic N) is 3. The summed E-state index contributed by atoms with van der Waals surface area (Å²) in [4.78, 5) is 24.6. The van der Waals surface area contributed by atoms with Crippen LogP contribution in [-0.2, 0) is 13.1 Å². The minimum Gasteiger partial charge on any atom is -0.478 e. The Bertz CT molecular complexity index is 654. The molecule has 2 aromatic rings. The van der Waals surface area contributed by atoms with E-state index in [0.29, 0.717) is 18.8 Å². The summed E-state index contributed by atoms with van der Waals surface area (Å²) in [7, 11) is 0. The molecule has 3 rings (SSSR count). The summed E-state index contributed by atoms with van der Waals surface area (Å²) < 4.78 is 3.67. The van der Waals surface area contributed by atoms with Crippen LogP contribution in [0.1, 0.15) is 32.0 Å². The van der Waals surface area contributed by atoms with Crippen LogP contribution in [0.5, 0.6) is 0 Å². The van der Waals surface area contributed by atoms with Gasteiger partial charge in [0.05, 0.1) is 5.56 Å². The van der Waals surface area contributed by atoms with Crippen LogP contribution in [0.4, 0.5) is 0 Å². The molecular weight excluding hydrogens is 266 g/mol. The fraction of sp³-hybridized carbons (Fsp3) is 0.167. The van der Waals surface area contributed by atoms with Crippen molar-refractivity contribution in [2.24, 2.45) is 0 Å². The SMILES string of the molecule is O=C(O)c1ccc2c(c1)CN(C(=O)c1csnn1)C2. The van der Waals surface area contributed by atoms with E-state index < -0.39 is 5.97 Å². The van der Waals surface area contributed by atoms with Crippen molar-refractivity contribution in [2.45, 2.75) is 13.1 Å². The second kappa shape index (κ2) is 4.43. The molecular formula is C12H9N3O3S. The number of hydrogen-bond acceptors (Lipinski definition) is 5. The third-order valence-electron chi connectivity index (χ3n) is 3.04. The zero-order valence-corrected chi connectivity index (χ0v) is 10.6. The molecule has 0 aliphatic carbocycles. The molecule has 0 saturated heterocycles. The summed E-state index contributed by atoms with van der Waals surface area (Å²) in [5.41, 5.74) is 2.41. The maximum atomic E-state index is 12.1. The predicted octanol–water partition coefficient (Wildman–Crippen LogP) is 1.39. The molecule has 0 fully saturated rings. The van der Waals surface area contributed by atoms with Gasteiger partial charge in [0.2, 0.25) is 0 Å². The Balaban J connectivity index is 1.84. The fourth-order valence-corrected chi connectivity index (χ4v) is 2.52. The van der Waals surface area contributed by atoms with E-state index in [9.17, 15) is 9.59 Å². The Kier molecular flexibility index (Phi) is 2.75. The topological polar surface area (TPSA) is 83.4 Å². The zero-order chi connectivity index (χ0) is 13.4. The Morgan fingerprint density at radius 3 is 2.74 bits per heavy atom. The highest BCUT2D eigenvalue weighted by atomic mass is 32.1. The van der Waals surface area contributed by atoms with Crippen molar-refractivity contribution < 1.29 is 14.7 Å². The lowest BCUT2D eigenvalue weighted by Crippen LogP contribution is -2.25. The number of hydrogen-bond donors (Lipinski definition) is 1. The lowest BCUT2D eigenvalue weighted by atomic mass is 10.1. The summed E-state index contributed by atoms with van der Waals surface area (Å²) in [6.07, 6.45) is 0. The third kappa shape index (κ3) is 2.08. The maximum Gasteiger partial charge on any atom is 0.335 e. The van der Waals surface area contributed by atoms with E-state index in [-0.39, 0.29) is 11.5 Å². The second-order valence-corrected chi connectivity index (χ2v) is 4.85. The van der Waals surface area contributed by atoms with Gasteiger partial charge < -0.3 is 10.0 Å². The van der Waals surface area contributed by atoms with Crippen molar-refractivity contribution in [1.82, 2.24) is 14.5 Å². The predicted molar refractivity (Wildman–Crippen MR) is 66.9 cm³/mol. The highest BCUT2D eigenvalue weighted by Gasteiger charge is 2.26. The molecule has 6 nitrogen and oxygen atoms in total. The van der Waals surface area contributed by atoms with E-state index in [1.807, 2.05) is 0 Å². The summed E-state index contributed by atoms with van der Waals surface area (Å²) in [5, 5.41) is 14.3. The van der Waals surface area contributed by atoms with Crippen LogP contribution in [0.2, 0.25) is 0 Å². The lowest BCUT2D eigenvalue weighted by molar-refractivity contribution is 0.0696. The Morgan fingerprint density at radius 1 is 1.26 bits per heavy atom. The van der Waals surface area contributed by atoms with Crippen molar-refractivity contribution in [1.29, 1.82) is 0 Å². The fourth-order valence-electron chi connectivity index (χ4n) is 2.09. The number of aromatic carboxylic acids is 1. The van der Waals surface area contributed by atoms with Crippen LogP contribution in [0.3, 0.4) is 0 Å². The van der Waals surface area contributed by atoms with Gasteiger partial charge in [-0.1, -0.05) is 10.6 Å². The molecule has 0 atom stereocenters. The van der Waals surface area contributed by atoms with Gasteiger partial charge >= 0.3 is 5.97 Å². The quantitative estimate of drug-likeness (QED) is 0.895. The van der Waals surface area contributed by atoms with E-state index in [0.717, 1.165) is 22.7 Å². The molecule has 2 heterocycles. The van der Waals surface area contributed by atoms with E-state index in [4.69, 9.17) is 5.11 Å². The minimum atomic E-state index is -0.962. The molecule has 1 aliphatic heterocycles. The number of carboxylic acids is 1. The highest BCUT2D eigenvalue weighted by Crippen LogP contribution is 2.25. The van der Waals surface area contributed by atoms with Gasteiger partial charge in [0, 0.05) is 18.5 Å². The maximum absolute atomic E-state index is 12.1. The molecule has 7 heteroatoms. The number of carbonyl (C=O) groups is 2. The van der Waals surface area contributed by atoms with Crippen molar-refractivity contribution in [2.75, 3.05) is 0 Å². The van der Waals surface area contributed by atoms with E-state index >= 15 is 0 Å². The highest BCUT2D eigenvalue weighted by molar-refractivity contribution is 7.03. The first-order valence-corrected chi connectivity index (χ1v) is 6.40. The van der Waals surface area contributed by atoms with Gasteiger partial charge in [0.25, 0.3) is 5.91 Å². The van der Waals surface area contributed by atoms with E-state index in [2.05, 4.69) is 9.59 Å². The van der Waals surface area contributed by atoms with E-state index in [1.165, 1.54) is 0 Å². The molecule has 0 radical (unpaired) electrons. The molecule has 0 spiro atoms. The second-order valence-electron chi connectivity index (χ2n) is 4.24. The smallest absolute Gasteiger partial charge is 0.335 e. The van der Waals surface area contributed by atoms with Crippen LogP contribution in [0.25, 0.3) is 0 Å². The van der Waals surface area contributed by atoms with Crippen molar-refractivity contribution >= 4 is 23.4 Å². The van der Waals surface area contributed by atoms with Gasteiger partial charge in [-0.15, -0.1) is 5.10 Å².